The summed E-state index contributed by atoms with van der Waals surface area (Å²) >= 11 is 0. The van der Waals surface area contributed by atoms with Gasteiger partial charge < -0.3 is 24.3 Å². The summed E-state index contributed by atoms with van der Waals surface area (Å²) in [7, 11) is 6.92. The van der Waals surface area contributed by atoms with Gasteiger partial charge in [0.1, 0.15) is 29.1 Å². The van der Waals surface area contributed by atoms with E-state index in [1.54, 1.807) is 21.3 Å². The van der Waals surface area contributed by atoms with Crippen molar-refractivity contribution in [2.24, 2.45) is 0 Å². The molecule has 0 saturated heterocycles. The van der Waals surface area contributed by atoms with E-state index in [-0.39, 0.29) is 6.10 Å². The summed E-state index contributed by atoms with van der Waals surface area (Å²) in [5.74, 6) is 3.24. The van der Waals surface area contributed by atoms with E-state index in [0.717, 1.165) is 52.7 Å². The van der Waals surface area contributed by atoms with Crippen LogP contribution < -0.4 is 24.3 Å². The Morgan fingerprint density at radius 1 is 1.00 bits per heavy atom. The summed E-state index contributed by atoms with van der Waals surface area (Å²) in [6.07, 6.45) is 0.972. The molecule has 1 unspecified atom stereocenters. The van der Waals surface area contributed by atoms with Crippen LogP contribution in [0.3, 0.4) is 0 Å². The molecular weight excluding hydrogens is 306 g/mol. The number of hydrogen-bond donors (Lipinski definition) is 1. The molecule has 0 fully saturated rings. The maximum atomic E-state index is 6.19. The Bertz CT molecular complexity index is 730. The van der Waals surface area contributed by atoms with Crippen LogP contribution in [0.15, 0.2) is 30.3 Å². The zero-order valence-corrected chi connectivity index (χ0v) is 14.5. The molecule has 0 saturated carbocycles. The zero-order chi connectivity index (χ0) is 17.1. The molecule has 0 aliphatic carbocycles. The Balaban J connectivity index is 2.14. The Labute approximate surface area is 142 Å². The summed E-state index contributed by atoms with van der Waals surface area (Å²) in [6, 6.07) is 9.77. The van der Waals surface area contributed by atoms with Crippen LogP contribution in [0.2, 0.25) is 0 Å². The predicted molar refractivity (Wildman–Crippen MR) is 93.6 cm³/mol. The van der Waals surface area contributed by atoms with Gasteiger partial charge in [-0.1, -0.05) is 0 Å². The average Bonchev–Trinajstić information content (AvgIpc) is 3.02. The molecule has 2 aromatic carbocycles. The van der Waals surface area contributed by atoms with E-state index in [9.17, 15) is 0 Å². The van der Waals surface area contributed by atoms with Crippen molar-refractivity contribution in [1.82, 2.24) is 5.32 Å². The van der Waals surface area contributed by atoms with E-state index in [1.807, 2.05) is 37.4 Å². The third-order valence-electron chi connectivity index (χ3n) is 4.24. The average molecular weight is 329 g/mol. The lowest BCUT2D eigenvalue weighted by atomic mass is 9.99. The monoisotopic (exact) mass is 329 g/mol. The van der Waals surface area contributed by atoms with Gasteiger partial charge in [-0.05, 0) is 37.4 Å². The molecule has 1 aliphatic heterocycles. The Morgan fingerprint density at radius 3 is 2.42 bits per heavy atom. The SMILES string of the molecule is CNCC1Cc2cc(OC)cc(-c3cc(OC)ccc3OC)c2O1. The van der Waals surface area contributed by atoms with E-state index in [2.05, 4.69) is 5.32 Å². The molecule has 0 radical (unpaired) electrons. The van der Waals surface area contributed by atoms with Crippen molar-refractivity contribution in [3.8, 4) is 34.1 Å². The number of hydrogen-bond acceptors (Lipinski definition) is 5. The van der Waals surface area contributed by atoms with Crippen LogP contribution in [0.4, 0.5) is 0 Å². The fourth-order valence-electron chi connectivity index (χ4n) is 3.09. The first-order valence-corrected chi connectivity index (χ1v) is 7.94. The molecule has 0 bridgehead atoms. The Morgan fingerprint density at radius 2 is 1.75 bits per heavy atom. The van der Waals surface area contributed by atoms with Crippen LogP contribution in [0.1, 0.15) is 5.56 Å². The molecule has 24 heavy (non-hydrogen) atoms. The first-order valence-electron chi connectivity index (χ1n) is 7.94. The highest BCUT2D eigenvalue weighted by atomic mass is 16.5. The molecule has 1 N–H and O–H groups in total. The highest BCUT2D eigenvalue weighted by Crippen LogP contribution is 2.45. The van der Waals surface area contributed by atoms with Crippen molar-refractivity contribution in [2.75, 3.05) is 34.9 Å². The predicted octanol–water partition coefficient (Wildman–Crippen LogP) is 2.90. The third-order valence-corrected chi connectivity index (χ3v) is 4.24. The molecular formula is C19H23NO4. The maximum Gasteiger partial charge on any atom is 0.131 e. The van der Waals surface area contributed by atoms with Gasteiger partial charge in [0.2, 0.25) is 0 Å². The van der Waals surface area contributed by atoms with Crippen molar-refractivity contribution in [2.45, 2.75) is 12.5 Å². The summed E-state index contributed by atoms with van der Waals surface area (Å²) in [6.45, 7) is 0.797. The molecule has 2 aromatic rings. The van der Waals surface area contributed by atoms with Crippen LogP contribution in [0, 0.1) is 0 Å². The van der Waals surface area contributed by atoms with Crippen molar-refractivity contribution in [3.05, 3.63) is 35.9 Å². The van der Waals surface area contributed by atoms with Gasteiger partial charge in [0.05, 0.1) is 21.3 Å². The quantitative estimate of drug-likeness (QED) is 0.883. The topological polar surface area (TPSA) is 49.0 Å². The fraction of sp³-hybridized carbons (Fsp3) is 0.368. The highest BCUT2D eigenvalue weighted by Gasteiger charge is 2.27. The van der Waals surface area contributed by atoms with E-state index in [4.69, 9.17) is 18.9 Å². The van der Waals surface area contributed by atoms with Crippen molar-refractivity contribution in [1.29, 1.82) is 0 Å². The minimum absolute atomic E-state index is 0.118. The lowest BCUT2D eigenvalue weighted by molar-refractivity contribution is 0.232. The molecule has 1 heterocycles. The van der Waals surface area contributed by atoms with Gasteiger partial charge in [-0.25, -0.2) is 0 Å². The second kappa shape index (κ2) is 7.01. The molecule has 5 heteroatoms. The maximum absolute atomic E-state index is 6.19. The van der Waals surface area contributed by atoms with E-state index in [0.29, 0.717) is 0 Å². The Hall–Kier alpha value is -2.40. The summed E-state index contributed by atoms with van der Waals surface area (Å²) in [5, 5.41) is 3.17. The van der Waals surface area contributed by atoms with Gasteiger partial charge in [0.15, 0.2) is 0 Å². The third kappa shape index (κ3) is 2.99. The number of benzene rings is 2. The first kappa shape index (κ1) is 16.5. The number of nitrogens with one attached hydrogen (secondary N) is 1. The van der Waals surface area contributed by atoms with Crippen LogP contribution in [0.5, 0.6) is 23.0 Å². The van der Waals surface area contributed by atoms with Crippen LogP contribution in [0.25, 0.3) is 11.1 Å². The van der Waals surface area contributed by atoms with Crippen molar-refractivity contribution < 1.29 is 18.9 Å². The normalized spacial score (nSPS) is 15.6. The van der Waals surface area contributed by atoms with Gasteiger partial charge in [-0.3, -0.25) is 0 Å². The second-order valence-corrected chi connectivity index (χ2v) is 5.73. The van der Waals surface area contributed by atoms with E-state index < -0.39 is 0 Å². The second-order valence-electron chi connectivity index (χ2n) is 5.73. The molecule has 5 nitrogen and oxygen atoms in total. The number of ether oxygens (including phenoxy) is 4. The smallest absolute Gasteiger partial charge is 0.131 e. The fourth-order valence-corrected chi connectivity index (χ4v) is 3.09. The van der Waals surface area contributed by atoms with Crippen molar-refractivity contribution >= 4 is 0 Å². The van der Waals surface area contributed by atoms with Gasteiger partial charge in [0.25, 0.3) is 0 Å². The van der Waals surface area contributed by atoms with Gasteiger partial charge in [0, 0.05) is 29.7 Å². The van der Waals surface area contributed by atoms with Crippen LogP contribution in [-0.4, -0.2) is 41.0 Å². The van der Waals surface area contributed by atoms with Crippen molar-refractivity contribution in [3.63, 3.8) is 0 Å². The van der Waals surface area contributed by atoms with Crippen LogP contribution >= 0.6 is 0 Å². The minimum Gasteiger partial charge on any atom is -0.497 e. The number of rotatable bonds is 6. The molecule has 128 valence electrons. The standard InChI is InChI=1S/C19H23NO4/c1-20-11-15-8-12-7-14(22-3)10-17(19(12)24-15)16-9-13(21-2)5-6-18(16)23-4/h5-7,9-10,15,20H,8,11H2,1-4H3. The van der Waals surface area contributed by atoms with Crippen LogP contribution in [-0.2, 0) is 6.42 Å². The summed E-state index contributed by atoms with van der Waals surface area (Å²) < 4.78 is 22.6. The molecule has 1 atom stereocenters. The number of methoxy groups -OCH3 is 3. The summed E-state index contributed by atoms with van der Waals surface area (Å²) in [4.78, 5) is 0. The Kier molecular flexibility index (Phi) is 4.81. The summed E-state index contributed by atoms with van der Waals surface area (Å²) in [5.41, 5.74) is 3.03. The zero-order valence-electron chi connectivity index (χ0n) is 14.5. The first-order chi connectivity index (χ1) is 11.7. The van der Waals surface area contributed by atoms with Gasteiger partial charge in [-0.2, -0.15) is 0 Å². The lowest BCUT2D eigenvalue weighted by Crippen LogP contribution is -2.27. The lowest BCUT2D eigenvalue weighted by Gasteiger charge is -2.16. The van der Waals surface area contributed by atoms with E-state index in [1.165, 1.54) is 0 Å². The van der Waals surface area contributed by atoms with Gasteiger partial charge >= 0.3 is 0 Å². The number of likely N-dealkylation sites (N-methyl/N-ethyl adjacent to an activating group) is 1. The minimum atomic E-state index is 0.118. The molecule has 0 aromatic heterocycles. The highest BCUT2D eigenvalue weighted by molar-refractivity contribution is 5.80. The molecule has 3 rings (SSSR count). The van der Waals surface area contributed by atoms with E-state index >= 15 is 0 Å². The molecule has 1 aliphatic rings. The molecule has 0 spiro atoms. The largest absolute Gasteiger partial charge is 0.497 e. The molecule has 0 amide bonds. The van der Waals surface area contributed by atoms with Gasteiger partial charge in [-0.15, -0.1) is 0 Å². The number of fused-ring (bicyclic) bond motifs is 1.